The largest absolute Gasteiger partial charge is 0.204 e. The molecule has 0 spiro atoms. The van der Waals surface area contributed by atoms with Gasteiger partial charge in [0.05, 0.1) is 0 Å². The summed E-state index contributed by atoms with van der Waals surface area (Å²) in [6, 6.07) is 0. The molecule has 0 N–H and O–H groups in total. The fourth-order valence-electron chi connectivity index (χ4n) is 0.0772. The second kappa shape index (κ2) is 3.05. The lowest BCUT2D eigenvalue weighted by atomic mass is 10.6. The van der Waals surface area contributed by atoms with Crippen LogP contribution in [0.3, 0.4) is 0 Å². The van der Waals surface area contributed by atoms with Gasteiger partial charge in [-0.2, -0.15) is 0 Å². The summed E-state index contributed by atoms with van der Waals surface area (Å²) in [5.41, 5.74) is 0. The van der Waals surface area contributed by atoms with E-state index in [4.69, 9.17) is 23.2 Å². The van der Waals surface area contributed by atoms with E-state index in [0.29, 0.717) is 0 Å². The van der Waals surface area contributed by atoms with Crippen LogP contribution < -0.4 is 0 Å². The molecule has 3 heteroatoms. The second-order valence-corrected chi connectivity index (χ2v) is 1.76. The third-order valence-electron chi connectivity index (χ3n) is 0.360. The van der Waals surface area contributed by atoms with Gasteiger partial charge in [-0.05, 0) is 6.08 Å². The number of allylic oxidation sites excluding steroid dienone is 2. The molecule has 0 saturated heterocycles. The predicted molar refractivity (Wildman–Crippen MR) is 30.0 cm³/mol. The Labute approximate surface area is 51.2 Å². The van der Waals surface area contributed by atoms with E-state index in [1.165, 1.54) is 0 Å². The van der Waals surface area contributed by atoms with E-state index in [2.05, 4.69) is 6.58 Å². The van der Waals surface area contributed by atoms with E-state index >= 15 is 0 Å². The summed E-state index contributed by atoms with van der Waals surface area (Å²) >= 11 is 9.85. The summed E-state index contributed by atoms with van der Waals surface area (Å²) in [6.07, 6.45) is 0.940. The molecule has 0 rings (SSSR count). The van der Waals surface area contributed by atoms with Gasteiger partial charge in [0, 0.05) is 0 Å². The van der Waals surface area contributed by atoms with Crippen molar-refractivity contribution in [2.45, 2.75) is 0 Å². The van der Waals surface area contributed by atoms with Crippen LogP contribution in [-0.4, -0.2) is 0 Å². The van der Waals surface area contributed by atoms with Gasteiger partial charge in [0.15, 0.2) is 5.83 Å². The Morgan fingerprint density at radius 3 is 2.00 bits per heavy atom. The molecule has 0 aromatic rings. The normalized spacial score (nSPS) is 7.86. The molecule has 0 bridgehead atoms. The molecule has 0 fully saturated rings. The van der Waals surface area contributed by atoms with E-state index in [0.717, 1.165) is 6.08 Å². The maximum Gasteiger partial charge on any atom is 0.152 e. The van der Waals surface area contributed by atoms with Crippen molar-refractivity contribution in [3.63, 3.8) is 0 Å². The molecule has 40 valence electrons. The molecule has 0 amide bonds. The standard InChI is InChI=1S/C4H3Cl2F/c1-2-3(7)4(5)6/h2H,1H2. The molecular formula is C4H3Cl2F. The summed E-state index contributed by atoms with van der Waals surface area (Å²) in [5.74, 6) is -0.691. The SMILES string of the molecule is C=CC(F)=C(Cl)Cl. The first-order chi connectivity index (χ1) is 3.18. The van der Waals surface area contributed by atoms with Crippen molar-refractivity contribution in [2.24, 2.45) is 0 Å². The van der Waals surface area contributed by atoms with Gasteiger partial charge < -0.3 is 0 Å². The maximum absolute atomic E-state index is 11.8. The zero-order chi connectivity index (χ0) is 5.86. The average Bonchev–Trinajstić information content (AvgIpc) is 1.65. The molecule has 0 aliphatic carbocycles. The Kier molecular flexibility index (Phi) is 3.05. The van der Waals surface area contributed by atoms with Crippen molar-refractivity contribution in [3.8, 4) is 0 Å². The van der Waals surface area contributed by atoms with Crippen molar-refractivity contribution in [1.82, 2.24) is 0 Å². The molecule has 0 saturated carbocycles. The Morgan fingerprint density at radius 1 is 1.57 bits per heavy atom. The highest BCUT2D eigenvalue weighted by Crippen LogP contribution is 2.14. The first kappa shape index (κ1) is 6.99. The Hall–Kier alpha value is -0.0100. The minimum Gasteiger partial charge on any atom is -0.204 e. The van der Waals surface area contributed by atoms with Crippen LogP contribution in [-0.2, 0) is 0 Å². The van der Waals surface area contributed by atoms with Gasteiger partial charge in [-0.15, -0.1) is 0 Å². The summed E-state index contributed by atoms with van der Waals surface area (Å²) in [5, 5.41) is 0. The first-order valence-corrected chi connectivity index (χ1v) is 2.27. The van der Waals surface area contributed by atoms with Crippen LogP contribution in [0.25, 0.3) is 0 Å². The molecule has 0 heterocycles. The van der Waals surface area contributed by atoms with Crippen LogP contribution in [0.15, 0.2) is 23.0 Å². The van der Waals surface area contributed by atoms with Crippen molar-refractivity contribution in [2.75, 3.05) is 0 Å². The highest BCUT2D eigenvalue weighted by atomic mass is 35.5. The summed E-state index contributed by atoms with van der Waals surface area (Å²) < 4.78 is 11.4. The van der Waals surface area contributed by atoms with Crippen molar-refractivity contribution in [1.29, 1.82) is 0 Å². The summed E-state index contributed by atoms with van der Waals surface area (Å²) in [6.45, 7) is 3.08. The Balaban J connectivity index is 3.98. The lowest BCUT2D eigenvalue weighted by Gasteiger charge is -1.80. The average molecular weight is 141 g/mol. The maximum atomic E-state index is 11.8. The van der Waals surface area contributed by atoms with Crippen molar-refractivity contribution in [3.05, 3.63) is 23.0 Å². The molecule has 0 atom stereocenters. The van der Waals surface area contributed by atoms with Gasteiger partial charge in [-0.25, -0.2) is 4.39 Å². The van der Waals surface area contributed by atoms with Crippen molar-refractivity contribution < 1.29 is 4.39 Å². The van der Waals surface area contributed by atoms with Gasteiger partial charge >= 0.3 is 0 Å². The molecule has 0 unspecified atom stereocenters. The monoisotopic (exact) mass is 140 g/mol. The highest BCUT2D eigenvalue weighted by Gasteiger charge is 1.90. The molecule has 0 aromatic heterocycles. The van der Waals surface area contributed by atoms with E-state index in [1.54, 1.807) is 0 Å². The second-order valence-electron chi connectivity index (χ2n) is 0.812. The van der Waals surface area contributed by atoms with Crippen LogP contribution in [0.1, 0.15) is 0 Å². The summed E-state index contributed by atoms with van der Waals surface area (Å²) in [4.78, 5) is 0. The molecule has 0 radical (unpaired) electrons. The van der Waals surface area contributed by atoms with E-state index in [9.17, 15) is 4.39 Å². The Morgan fingerprint density at radius 2 is 2.00 bits per heavy atom. The minimum atomic E-state index is -0.691. The fraction of sp³-hybridized carbons (Fsp3) is 0. The van der Waals surface area contributed by atoms with Crippen LogP contribution in [0.4, 0.5) is 4.39 Å². The zero-order valence-electron chi connectivity index (χ0n) is 3.42. The third kappa shape index (κ3) is 2.66. The lowest BCUT2D eigenvalue weighted by Crippen LogP contribution is -1.59. The van der Waals surface area contributed by atoms with Crippen LogP contribution >= 0.6 is 23.2 Å². The number of rotatable bonds is 1. The Bertz CT molecular complexity index is 102. The molecule has 7 heavy (non-hydrogen) atoms. The van der Waals surface area contributed by atoms with Crippen LogP contribution in [0, 0.1) is 0 Å². The fourth-order valence-corrected chi connectivity index (χ4v) is 0.231. The molecule has 0 aliphatic heterocycles. The highest BCUT2D eigenvalue weighted by molar-refractivity contribution is 6.56. The topological polar surface area (TPSA) is 0 Å². The van der Waals surface area contributed by atoms with E-state index in [-0.39, 0.29) is 4.49 Å². The minimum absolute atomic E-state index is 0.380. The molecule has 0 aromatic carbocycles. The van der Waals surface area contributed by atoms with Crippen molar-refractivity contribution >= 4 is 23.2 Å². The number of hydrogen-bond donors (Lipinski definition) is 0. The molecule has 0 nitrogen and oxygen atoms in total. The third-order valence-corrected chi connectivity index (χ3v) is 0.721. The lowest BCUT2D eigenvalue weighted by molar-refractivity contribution is 0.668. The summed E-state index contributed by atoms with van der Waals surface area (Å²) in [7, 11) is 0. The van der Waals surface area contributed by atoms with E-state index < -0.39 is 5.83 Å². The molecule has 0 aliphatic rings. The first-order valence-electron chi connectivity index (χ1n) is 1.51. The van der Waals surface area contributed by atoms with Gasteiger partial charge in [0.1, 0.15) is 4.49 Å². The van der Waals surface area contributed by atoms with Gasteiger partial charge in [0.2, 0.25) is 0 Å². The van der Waals surface area contributed by atoms with Gasteiger partial charge in [-0.1, -0.05) is 29.8 Å². The van der Waals surface area contributed by atoms with Crippen LogP contribution in [0.5, 0.6) is 0 Å². The zero-order valence-corrected chi connectivity index (χ0v) is 4.93. The van der Waals surface area contributed by atoms with Gasteiger partial charge in [0.25, 0.3) is 0 Å². The number of hydrogen-bond acceptors (Lipinski definition) is 0. The van der Waals surface area contributed by atoms with E-state index in [1.807, 2.05) is 0 Å². The predicted octanol–water partition coefficient (Wildman–Crippen LogP) is 2.79. The van der Waals surface area contributed by atoms with Crippen LogP contribution in [0.2, 0.25) is 0 Å². The quantitative estimate of drug-likeness (QED) is 0.492. The number of halogens is 3. The smallest absolute Gasteiger partial charge is 0.152 e. The molecular weight excluding hydrogens is 138 g/mol. The van der Waals surface area contributed by atoms with Gasteiger partial charge in [-0.3, -0.25) is 0 Å².